The maximum absolute atomic E-state index is 13.2. The van der Waals surface area contributed by atoms with Gasteiger partial charge < -0.3 is 53.2 Å². The molecule has 0 saturated heterocycles. The second-order valence-electron chi connectivity index (χ2n) is 10.7. The Kier molecular flexibility index (Phi) is 13.2. The number of nitrogens with two attached hydrogens (primary N) is 2. The van der Waals surface area contributed by atoms with Crippen molar-refractivity contribution in [2.24, 2.45) is 0 Å². The number of nitrogens with one attached hydrogen (secondary N) is 4. The number of amides is 3. The lowest BCUT2D eigenvalue weighted by Crippen LogP contribution is -2.56. The van der Waals surface area contributed by atoms with Gasteiger partial charge in [-0.1, -0.05) is 0 Å². The number of nitrogen functional groups attached to an aromatic ring is 2. The molecule has 21 heteroatoms. The van der Waals surface area contributed by atoms with Gasteiger partial charge >= 0.3 is 23.9 Å². The number of benzene rings is 1. The van der Waals surface area contributed by atoms with Crippen LogP contribution in [0.1, 0.15) is 54.6 Å². The zero-order chi connectivity index (χ0) is 37.0. The van der Waals surface area contributed by atoms with E-state index in [1.54, 1.807) is 12.1 Å². The van der Waals surface area contributed by atoms with Crippen molar-refractivity contribution in [1.29, 1.82) is 0 Å². The van der Waals surface area contributed by atoms with Gasteiger partial charge in [0.2, 0.25) is 17.8 Å². The standard InChI is InChI=1S/C29H34N10O11/c30-23-22-24(39-29(31)38-23)33-12-15(34-22)11-32-14-3-1-13(2-4-14)25(46)35-16(5-8-19(40)41)26(47)36-17(6-9-20(42)43)27(48)37-18(28(49)50)7-10-21(44)45/h1-4,12,16-18,32H,5-11H2,(H,35,46)(H,36,47)(H,37,48)(H,40,41)(H,42,43)(H,44,45)(H,49,50)(H4,30,31,33,38,39)/t16-,17-,18-/m0/s1. The van der Waals surface area contributed by atoms with Gasteiger partial charge in [0, 0.05) is 30.5 Å². The van der Waals surface area contributed by atoms with Gasteiger partial charge in [0.15, 0.2) is 17.0 Å². The molecule has 1 aromatic carbocycles. The topological polar surface area (TPSA) is 352 Å². The van der Waals surface area contributed by atoms with E-state index in [2.05, 4.69) is 41.2 Å². The van der Waals surface area contributed by atoms with Crippen molar-refractivity contribution in [3.63, 3.8) is 0 Å². The fraction of sp³-hybridized carbons (Fsp3) is 0.345. The highest BCUT2D eigenvalue weighted by molar-refractivity contribution is 5.99. The van der Waals surface area contributed by atoms with E-state index >= 15 is 0 Å². The van der Waals surface area contributed by atoms with Crippen LogP contribution >= 0.6 is 0 Å². The van der Waals surface area contributed by atoms with Crippen LogP contribution in [-0.2, 0) is 35.3 Å². The lowest BCUT2D eigenvalue weighted by molar-refractivity contribution is -0.144. The Balaban J connectivity index is 1.69. The highest BCUT2D eigenvalue weighted by atomic mass is 16.4. The maximum atomic E-state index is 13.2. The molecule has 21 nitrogen and oxygen atoms in total. The summed E-state index contributed by atoms with van der Waals surface area (Å²) >= 11 is 0. The molecule has 2 aromatic heterocycles. The second kappa shape index (κ2) is 17.5. The highest BCUT2D eigenvalue weighted by Gasteiger charge is 2.30. The number of hydrogen-bond donors (Lipinski definition) is 10. The molecule has 0 radical (unpaired) electrons. The minimum atomic E-state index is -1.67. The number of carbonyl (C=O) groups excluding carboxylic acids is 3. The summed E-state index contributed by atoms with van der Waals surface area (Å²) < 4.78 is 0. The van der Waals surface area contributed by atoms with Gasteiger partial charge in [-0.3, -0.25) is 28.8 Å². The maximum Gasteiger partial charge on any atom is 0.326 e. The van der Waals surface area contributed by atoms with Crippen LogP contribution in [0.4, 0.5) is 17.5 Å². The van der Waals surface area contributed by atoms with Gasteiger partial charge in [-0.15, -0.1) is 0 Å². The summed E-state index contributed by atoms with van der Waals surface area (Å²) in [6.07, 6.45) is -1.79. The summed E-state index contributed by atoms with van der Waals surface area (Å²) in [4.78, 5) is 100. The molecule has 266 valence electrons. The number of hydrogen-bond acceptors (Lipinski definition) is 14. The normalized spacial score (nSPS) is 12.6. The molecule has 3 amide bonds. The van der Waals surface area contributed by atoms with Crippen LogP contribution in [0.15, 0.2) is 30.5 Å². The minimum absolute atomic E-state index is 0.0436. The van der Waals surface area contributed by atoms with E-state index in [0.29, 0.717) is 11.4 Å². The Hall–Kier alpha value is -6.67. The minimum Gasteiger partial charge on any atom is -0.481 e. The Morgan fingerprint density at radius 2 is 1.20 bits per heavy atom. The van der Waals surface area contributed by atoms with E-state index in [1.165, 1.54) is 18.3 Å². The smallest absolute Gasteiger partial charge is 0.326 e. The number of aromatic nitrogens is 4. The van der Waals surface area contributed by atoms with Crippen LogP contribution in [0, 0.1) is 0 Å². The van der Waals surface area contributed by atoms with Crippen molar-refractivity contribution in [2.45, 2.75) is 63.2 Å². The van der Waals surface area contributed by atoms with Crippen LogP contribution < -0.4 is 32.7 Å². The summed E-state index contributed by atoms with van der Waals surface area (Å²) in [6.45, 7) is 0.194. The molecule has 0 aliphatic heterocycles. The number of nitrogens with zero attached hydrogens (tertiary/aromatic N) is 4. The average molecular weight is 699 g/mol. The third-order valence-corrected chi connectivity index (χ3v) is 6.93. The Morgan fingerprint density at radius 1 is 0.680 bits per heavy atom. The number of fused-ring (bicyclic) bond motifs is 1. The lowest BCUT2D eigenvalue weighted by Gasteiger charge is -2.24. The molecular formula is C29H34N10O11. The highest BCUT2D eigenvalue weighted by Crippen LogP contribution is 2.16. The van der Waals surface area contributed by atoms with Gasteiger partial charge in [0.1, 0.15) is 18.1 Å². The van der Waals surface area contributed by atoms with E-state index in [0.717, 1.165) is 0 Å². The number of carboxylic acid groups (broad SMARTS) is 4. The van der Waals surface area contributed by atoms with Crippen LogP contribution in [-0.4, -0.2) is 100 Å². The first-order valence-electron chi connectivity index (χ1n) is 14.8. The van der Waals surface area contributed by atoms with Crippen molar-refractivity contribution < 1.29 is 54.0 Å². The van der Waals surface area contributed by atoms with E-state index < -0.39 is 98.2 Å². The molecule has 3 atom stereocenters. The summed E-state index contributed by atoms with van der Waals surface area (Å²) in [6, 6.07) is 1.10. The van der Waals surface area contributed by atoms with Gasteiger partial charge in [-0.25, -0.2) is 14.8 Å². The van der Waals surface area contributed by atoms with E-state index in [9.17, 15) is 43.8 Å². The number of rotatable bonds is 19. The van der Waals surface area contributed by atoms with Crippen molar-refractivity contribution >= 4 is 70.2 Å². The van der Waals surface area contributed by atoms with Crippen LogP contribution in [0.3, 0.4) is 0 Å². The first-order chi connectivity index (χ1) is 23.6. The number of aliphatic carboxylic acids is 4. The molecule has 2 heterocycles. The summed E-state index contributed by atoms with van der Waals surface area (Å²) in [5.41, 5.74) is 13.0. The predicted octanol–water partition coefficient (Wildman–Crippen LogP) is -1.06. The summed E-state index contributed by atoms with van der Waals surface area (Å²) in [7, 11) is 0. The molecule has 50 heavy (non-hydrogen) atoms. The van der Waals surface area contributed by atoms with Crippen LogP contribution in [0.2, 0.25) is 0 Å². The fourth-order valence-corrected chi connectivity index (χ4v) is 4.38. The Morgan fingerprint density at radius 3 is 1.74 bits per heavy atom. The molecule has 0 unspecified atom stereocenters. The van der Waals surface area contributed by atoms with Crippen LogP contribution in [0.25, 0.3) is 11.2 Å². The van der Waals surface area contributed by atoms with Gasteiger partial charge in [-0.2, -0.15) is 9.97 Å². The van der Waals surface area contributed by atoms with Gasteiger partial charge in [-0.05, 0) is 43.5 Å². The van der Waals surface area contributed by atoms with E-state index in [4.69, 9.17) is 21.7 Å². The predicted molar refractivity (Wildman–Crippen MR) is 171 cm³/mol. The Labute approximate surface area is 281 Å². The molecule has 3 rings (SSSR count). The summed E-state index contributed by atoms with van der Waals surface area (Å²) in [5, 5.41) is 46.3. The largest absolute Gasteiger partial charge is 0.481 e. The van der Waals surface area contributed by atoms with Crippen molar-refractivity contribution in [3.8, 4) is 0 Å². The molecule has 0 fully saturated rings. The Bertz CT molecular complexity index is 1770. The molecule has 12 N–H and O–H groups in total. The molecular weight excluding hydrogens is 664 g/mol. The SMILES string of the molecule is Nc1nc(N)c2nc(CNc3ccc(C(=O)N[C@@H](CCC(=O)O)C(=O)N[C@@H](CCC(=O)O)C(=O)N[C@@H](CCC(=O)O)C(=O)O)cc3)cnc2n1. The van der Waals surface area contributed by atoms with Gasteiger partial charge in [0.05, 0.1) is 18.4 Å². The molecule has 0 spiro atoms. The van der Waals surface area contributed by atoms with E-state index in [1.807, 2.05) is 0 Å². The van der Waals surface area contributed by atoms with Gasteiger partial charge in [0.25, 0.3) is 5.91 Å². The molecule has 0 aliphatic rings. The quantitative estimate of drug-likeness (QED) is 0.0713. The third kappa shape index (κ3) is 11.5. The van der Waals surface area contributed by atoms with E-state index in [-0.39, 0.29) is 35.0 Å². The lowest BCUT2D eigenvalue weighted by atomic mass is 10.1. The number of anilines is 3. The average Bonchev–Trinajstić information content (AvgIpc) is 3.05. The second-order valence-corrected chi connectivity index (χ2v) is 10.7. The zero-order valence-electron chi connectivity index (χ0n) is 26.2. The third-order valence-electron chi connectivity index (χ3n) is 6.93. The first-order valence-corrected chi connectivity index (χ1v) is 14.8. The van der Waals surface area contributed by atoms with Crippen molar-refractivity contribution in [3.05, 3.63) is 41.7 Å². The first kappa shape index (κ1) is 37.8. The molecule has 0 saturated carbocycles. The van der Waals surface area contributed by atoms with Crippen molar-refractivity contribution in [2.75, 3.05) is 16.8 Å². The monoisotopic (exact) mass is 698 g/mol. The summed E-state index contributed by atoms with van der Waals surface area (Å²) in [5.74, 6) is -8.48. The zero-order valence-corrected chi connectivity index (χ0v) is 26.2. The van der Waals surface area contributed by atoms with Crippen LogP contribution in [0.5, 0.6) is 0 Å². The number of carbonyl (C=O) groups is 7. The number of carboxylic acids is 4. The molecule has 0 bridgehead atoms. The van der Waals surface area contributed by atoms with Crippen molar-refractivity contribution in [1.82, 2.24) is 35.9 Å². The molecule has 0 aliphatic carbocycles. The molecule has 3 aromatic rings. The fourth-order valence-electron chi connectivity index (χ4n) is 4.38.